The highest BCUT2D eigenvalue weighted by atomic mass is 32.2. The second-order valence-corrected chi connectivity index (χ2v) is 4.17. The summed E-state index contributed by atoms with van der Waals surface area (Å²) in [6.07, 6.45) is 2.38. The van der Waals surface area contributed by atoms with E-state index in [1.807, 2.05) is 6.07 Å². The van der Waals surface area contributed by atoms with E-state index in [0.717, 1.165) is 0 Å². The molecule has 1 amide bonds. The number of hydrogen-bond acceptors (Lipinski definition) is 4. The van der Waals surface area contributed by atoms with Gasteiger partial charge in [0.2, 0.25) is 0 Å². The first kappa shape index (κ1) is 13.5. The largest absolute Gasteiger partial charge is 0.748 e. The van der Waals surface area contributed by atoms with Gasteiger partial charge in [-0.1, -0.05) is 0 Å². The zero-order chi connectivity index (χ0) is 12.1. The van der Waals surface area contributed by atoms with Crippen LogP contribution in [0.2, 0.25) is 0 Å². The van der Waals surface area contributed by atoms with E-state index in [9.17, 15) is 4.79 Å². The molecule has 0 aromatic carbocycles. The maximum absolute atomic E-state index is 10.6. The minimum absolute atomic E-state index is 0.400. The zero-order valence-corrected chi connectivity index (χ0v) is 9.19. The summed E-state index contributed by atoms with van der Waals surface area (Å²) in [6.45, 7) is 0. The number of nitrogens with two attached hydrogens (primary N) is 1. The molecule has 1 rings (SSSR count). The Hall–Kier alpha value is -1.47. The van der Waals surface area contributed by atoms with Crippen LogP contribution < -0.4 is 10.3 Å². The average Bonchev–Trinajstić information content (AvgIpc) is 2.01. The van der Waals surface area contributed by atoms with E-state index in [1.165, 1.54) is 0 Å². The zero-order valence-electron chi connectivity index (χ0n) is 8.38. The fraction of sp³-hybridized carbons (Fsp3) is 0.250. The SMILES string of the molecule is CS(=O)(=O)[O-].C[n+]1ccccc1C(N)=O. The number of primary amides is 1. The van der Waals surface area contributed by atoms with Crippen LogP contribution in [0.3, 0.4) is 0 Å². The molecule has 0 atom stereocenters. The maximum atomic E-state index is 10.6. The van der Waals surface area contributed by atoms with Gasteiger partial charge in [-0.2, -0.15) is 4.57 Å². The van der Waals surface area contributed by atoms with Gasteiger partial charge in [0.1, 0.15) is 7.05 Å². The summed E-state index contributed by atoms with van der Waals surface area (Å²) in [5.74, 6) is -0.400. The number of aromatic nitrogens is 1. The molecule has 0 aliphatic carbocycles. The monoisotopic (exact) mass is 232 g/mol. The van der Waals surface area contributed by atoms with Crippen LogP contribution in [-0.4, -0.2) is 25.1 Å². The van der Waals surface area contributed by atoms with Crippen molar-refractivity contribution in [3.05, 3.63) is 30.1 Å². The van der Waals surface area contributed by atoms with E-state index in [4.69, 9.17) is 18.7 Å². The molecule has 6 nitrogen and oxygen atoms in total. The summed E-state index contributed by atoms with van der Waals surface area (Å²) in [5.41, 5.74) is 5.57. The molecular weight excluding hydrogens is 220 g/mol. The van der Waals surface area contributed by atoms with Crippen LogP contribution in [0.15, 0.2) is 24.4 Å². The fourth-order valence-corrected chi connectivity index (χ4v) is 0.779. The lowest BCUT2D eigenvalue weighted by Gasteiger charge is -1.91. The smallest absolute Gasteiger partial charge is 0.313 e. The number of carbonyl (C=O) groups excluding carboxylic acids is 1. The predicted octanol–water partition coefficient (Wildman–Crippen LogP) is -1.23. The number of pyridine rings is 1. The molecule has 0 fully saturated rings. The number of aryl methyl sites for hydroxylation is 1. The van der Waals surface area contributed by atoms with Gasteiger partial charge in [-0.05, 0) is 6.07 Å². The highest BCUT2D eigenvalue weighted by molar-refractivity contribution is 7.84. The molecule has 0 saturated carbocycles. The molecule has 84 valence electrons. The molecule has 2 N–H and O–H groups in total. The number of nitrogens with zero attached hydrogens (tertiary/aromatic N) is 1. The van der Waals surface area contributed by atoms with Crippen LogP contribution in [0.1, 0.15) is 10.5 Å². The molecule has 1 heterocycles. The summed E-state index contributed by atoms with van der Waals surface area (Å²) in [5, 5.41) is 0. The topological polar surface area (TPSA) is 104 Å². The standard InChI is InChI=1S/C7H8N2O.CH4O3S/c1-9-5-3-2-4-6(9)7(8)10;1-5(2,3)4/h2-5H,1H3,(H-,8,10);1H3,(H,2,3,4). The Kier molecular flexibility index (Phi) is 4.89. The minimum atomic E-state index is -3.92. The van der Waals surface area contributed by atoms with E-state index in [1.54, 1.807) is 29.9 Å². The molecule has 0 spiro atoms. The van der Waals surface area contributed by atoms with Crippen LogP contribution in [-0.2, 0) is 17.2 Å². The number of rotatable bonds is 1. The van der Waals surface area contributed by atoms with Crippen LogP contribution in [0, 0.1) is 0 Å². The van der Waals surface area contributed by atoms with E-state index in [0.29, 0.717) is 11.9 Å². The highest BCUT2D eigenvalue weighted by Gasteiger charge is 2.09. The van der Waals surface area contributed by atoms with Gasteiger partial charge in [-0.25, -0.2) is 8.42 Å². The number of carbonyl (C=O) groups is 1. The molecule has 0 aliphatic heterocycles. The molecule has 1 aromatic heterocycles. The molecule has 7 heteroatoms. The summed E-state index contributed by atoms with van der Waals surface area (Å²) < 4.78 is 28.9. The first-order valence-corrected chi connectivity index (χ1v) is 5.69. The maximum Gasteiger partial charge on any atom is 0.313 e. The average molecular weight is 232 g/mol. The highest BCUT2D eigenvalue weighted by Crippen LogP contribution is 1.86. The Bertz CT molecular complexity index is 434. The molecule has 0 aliphatic rings. The van der Waals surface area contributed by atoms with E-state index in [2.05, 4.69) is 0 Å². The third-order valence-corrected chi connectivity index (χ3v) is 1.31. The molecule has 15 heavy (non-hydrogen) atoms. The van der Waals surface area contributed by atoms with Crippen molar-refractivity contribution >= 4 is 16.0 Å². The quantitative estimate of drug-likeness (QED) is 0.483. The van der Waals surface area contributed by atoms with Gasteiger partial charge < -0.3 is 10.3 Å². The first-order chi connectivity index (χ1) is 6.72. The first-order valence-electron chi connectivity index (χ1n) is 3.87. The second kappa shape index (κ2) is 5.42. The molecule has 0 bridgehead atoms. The number of amides is 1. The summed E-state index contributed by atoms with van der Waals surface area (Å²) in [6, 6.07) is 5.30. The van der Waals surface area contributed by atoms with Crippen molar-refractivity contribution in [1.29, 1.82) is 0 Å². The van der Waals surface area contributed by atoms with Gasteiger partial charge in [-0.15, -0.1) is 0 Å². The second-order valence-electron chi connectivity index (χ2n) is 2.77. The Morgan fingerprint density at radius 3 is 2.20 bits per heavy atom. The van der Waals surface area contributed by atoms with Crippen molar-refractivity contribution in [1.82, 2.24) is 0 Å². The lowest BCUT2D eigenvalue weighted by Crippen LogP contribution is -2.37. The van der Waals surface area contributed by atoms with Gasteiger partial charge in [-0.3, -0.25) is 4.79 Å². The van der Waals surface area contributed by atoms with Gasteiger partial charge in [0.05, 0.1) is 10.1 Å². The Labute approximate surface area is 88.1 Å². The van der Waals surface area contributed by atoms with Crippen LogP contribution in [0.4, 0.5) is 0 Å². The van der Waals surface area contributed by atoms with Crippen molar-refractivity contribution in [3.63, 3.8) is 0 Å². The molecular formula is C8H12N2O4S. The van der Waals surface area contributed by atoms with Gasteiger partial charge in [0, 0.05) is 18.4 Å². The lowest BCUT2D eigenvalue weighted by molar-refractivity contribution is -0.673. The third-order valence-electron chi connectivity index (χ3n) is 1.31. The van der Waals surface area contributed by atoms with Gasteiger partial charge in [0.15, 0.2) is 6.20 Å². The minimum Gasteiger partial charge on any atom is -0.748 e. The third kappa shape index (κ3) is 7.59. The Balaban J connectivity index is 0.000000336. The molecule has 0 unspecified atom stereocenters. The predicted molar refractivity (Wildman–Crippen MR) is 51.8 cm³/mol. The van der Waals surface area contributed by atoms with Crippen molar-refractivity contribution in [2.45, 2.75) is 0 Å². The number of hydrogen-bond donors (Lipinski definition) is 1. The molecule has 0 radical (unpaired) electrons. The van der Waals surface area contributed by atoms with Gasteiger partial charge in [0.25, 0.3) is 5.69 Å². The van der Waals surface area contributed by atoms with E-state index < -0.39 is 16.0 Å². The summed E-state index contributed by atoms with van der Waals surface area (Å²) >= 11 is 0. The molecule has 0 saturated heterocycles. The normalized spacial score (nSPS) is 10.1. The Morgan fingerprint density at radius 1 is 1.47 bits per heavy atom. The Morgan fingerprint density at radius 2 is 1.93 bits per heavy atom. The van der Waals surface area contributed by atoms with Crippen molar-refractivity contribution < 1.29 is 22.3 Å². The van der Waals surface area contributed by atoms with E-state index >= 15 is 0 Å². The fourth-order valence-electron chi connectivity index (χ4n) is 0.779. The van der Waals surface area contributed by atoms with Crippen molar-refractivity contribution in [3.8, 4) is 0 Å². The molecule has 1 aromatic rings. The van der Waals surface area contributed by atoms with Crippen LogP contribution in [0.5, 0.6) is 0 Å². The van der Waals surface area contributed by atoms with Crippen molar-refractivity contribution in [2.24, 2.45) is 12.8 Å². The lowest BCUT2D eigenvalue weighted by atomic mass is 10.3. The van der Waals surface area contributed by atoms with Crippen LogP contribution in [0.25, 0.3) is 0 Å². The van der Waals surface area contributed by atoms with Crippen molar-refractivity contribution in [2.75, 3.05) is 6.26 Å². The summed E-state index contributed by atoms with van der Waals surface area (Å²) in [7, 11) is -2.14. The summed E-state index contributed by atoms with van der Waals surface area (Å²) in [4.78, 5) is 10.6. The van der Waals surface area contributed by atoms with Gasteiger partial charge >= 0.3 is 5.91 Å². The van der Waals surface area contributed by atoms with Crippen LogP contribution >= 0.6 is 0 Å². The van der Waals surface area contributed by atoms with E-state index in [-0.39, 0.29) is 0 Å².